The summed E-state index contributed by atoms with van der Waals surface area (Å²) in [5.41, 5.74) is 1.36. The lowest BCUT2D eigenvalue weighted by atomic mass is 10.3. The Balaban J connectivity index is 2.03. The van der Waals surface area contributed by atoms with Gasteiger partial charge in [0.15, 0.2) is 0 Å². The first-order chi connectivity index (χ1) is 10.5. The molecule has 1 aromatic carbocycles. The lowest BCUT2D eigenvalue weighted by Crippen LogP contribution is -2.40. The molecular weight excluding hydrogens is 302 g/mol. The molecule has 0 saturated carbocycles. The van der Waals surface area contributed by atoms with Crippen molar-refractivity contribution >= 4 is 21.6 Å². The molecule has 2 rings (SSSR count). The fourth-order valence-corrected chi connectivity index (χ4v) is 2.74. The minimum absolute atomic E-state index is 0.256. The predicted molar refractivity (Wildman–Crippen MR) is 84.7 cm³/mol. The van der Waals surface area contributed by atoms with Crippen LogP contribution in [0.15, 0.2) is 54.9 Å². The SMILES string of the molecule is CS(=O)(=O)N(CC(=O)NCc1ccncc1)c1ccccc1. The van der Waals surface area contributed by atoms with E-state index < -0.39 is 10.0 Å². The largest absolute Gasteiger partial charge is 0.350 e. The van der Waals surface area contributed by atoms with Crippen molar-refractivity contribution in [3.63, 3.8) is 0 Å². The lowest BCUT2D eigenvalue weighted by Gasteiger charge is -2.21. The van der Waals surface area contributed by atoms with Gasteiger partial charge in [-0.25, -0.2) is 8.42 Å². The van der Waals surface area contributed by atoms with Crippen molar-refractivity contribution in [1.82, 2.24) is 10.3 Å². The number of carbonyl (C=O) groups excluding carboxylic acids is 1. The van der Waals surface area contributed by atoms with Crippen LogP contribution in [0.2, 0.25) is 0 Å². The van der Waals surface area contributed by atoms with Crippen molar-refractivity contribution in [1.29, 1.82) is 0 Å². The summed E-state index contributed by atoms with van der Waals surface area (Å²) in [6, 6.07) is 12.1. The number of hydrogen-bond acceptors (Lipinski definition) is 4. The number of nitrogens with zero attached hydrogens (tertiary/aromatic N) is 2. The monoisotopic (exact) mass is 319 g/mol. The third kappa shape index (κ3) is 4.56. The van der Waals surface area contributed by atoms with E-state index in [9.17, 15) is 13.2 Å². The van der Waals surface area contributed by atoms with Crippen molar-refractivity contribution in [2.24, 2.45) is 0 Å². The molecule has 22 heavy (non-hydrogen) atoms. The molecule has 1 amide bonds. The molecule has 0 spiro atoms. The van der Waals surface area contributed by atoms with Crippen LogP contribution in [-0.2, 0) is 21.4 Å². The number of para-hydroxylation sites is 1. The van der Waals surface area contributed by atoms with E-state index in [1.807, 2.05) is 0 Å². The molecule has 0 aliphatic rings. The smallest absolute Gasteiger partial charge is 0.241 e. The second-order valence-corrected chi connectivity index (χ2v) is 6.64. The minimum atomic E-state index is -3.53. The highest BCUT2D eigenvalue weighted by Gasteiger charge is 2.20. The maximum Gasteiger partial charge on any atom is 0.241 e. The first-order valence-corrected chi connectivity index (χ1v) is 8.50. The molecule has 1 aromatic heterocycles. The molecule has 0 saturated heterocycles. The highest BCUT2D eigenvalue weighted by molar-refractivity contribution is 7.92. The zero-order valence-corrected chi connectivity index (χ0v) is 13.0. The van der Waals surface area contributed by atoms with Crippen LogP contribution in [0.4, 0.5) is 5.69 Å². The summed E-state index contributed by atoms with van der Waals surface area (Å²) in [6.45, 7) is 0.0711. The summed E-state index contributed by atoms with van der Waals surface area (Å²) in [6.07, 6.45) is 4.35. The average molecular weight is 319 g/mol. The molecule has 1 heterocycles. The Morgan fingerprint density at radius 2 is 1.77 bits per heavy atom. The van der Waals surface area contributed by atoms with Gasteiger partial charge in [-0.15, -0.1) is 0 Å². The molecule has 0 fully saturated rings. The standard InChI is InChI=1S/C15H17N3O3S/c1-22(20,21)18(14-5-3-2-4-6-14)12-15(19)17-11-13-7-9-16-10-8-13/h2-10H,11-12H2,1H3,(H,17,19). The van der Waals surface area contributed by atoms with Crippen molar-refractivity contribution in [3.05, 3.63) is 60.4 Å². The molecule has 0 radical (unpaired) electrons. The summed E-state index contributed by atoms with van der Waals surface area (Å²) in [5.74, 6) is -0.369. The van der Waals surface area contributed by atoms with Crippen molar-refractivity contribution in [3.8, 4) is 0 Å². The molecule has 0 aliphatic heterocycles. The van der Waals surface area contributed by atoms with E-state index in [0.29, 0.717) is 12.2 Å². The number of amides is 1. The fraction of sp³-hybridized carbons (Fsp3) is 0.200. The normalized spacial score (nSPS) is 11.0. The maximum absolute atomic E-state index is 12.0. The molecule has 1 N–H and O–H groups in total. The van der Waals surface area contributed by atoms with Crippen LogP contribution in [0, 0.1) is 0 Å². The van der Waals surface area contributed by atoms with Crippen LogP contribution < -0.4 is 9.62 Å². The van der Waals surface area contributed by atoms with Crippen LogP contribution in [-0.4, -0.2) is 32.1 Å². The molecule has 7 heteroatoms. The quantitative estimate of drug-likeness (QED) is 0.866. The molecule has 2 aromatic rings. The zero-order valence-electron chi connectivity index (χ0n) is 12.1. The van der Waals surface area contributed by atoms with E-state index in [4.69, 9.17) is 0 Å². The highest BCUT2D eigenvalue weighted by Crippen LogP contribution is 2.16. The Bertz CT molecular complexity index is 718. The Kier molecular flexibility index (Phi) is 5.11. The van der Waals surface area contributed by atoms with Crippen LogP contribution in [0.1, 0.15) is 5.56 Å². The van der Waals surface area contributed by atoms with Crippen LogP contribution in [0.25, 0.3) is 0 Å². The Labute approximate surface area is 129 Å². The average Bonchev–Trinajstić information content (AvgIpc) is 2.51. The van der Waals surface area contributed by atoms with Gasteiger partial charge in [-0.1, -0.05) is 18.2 Å². The van der Waals surface area contributed by atoms with Gasteiger partial charge in [-0.2, -0.15) is 0 Å². The summed E-state index contributed by atoms with van der Waals surface area (Å²) in [7, 11) is -3.53. The Morgan fingerprint density at radius 3 is 2.36 bits per heavy atom. The highest BCUT2D eigenvalue weighted by atomic mass is 32.2. The summed E-state index contributed by atoms with van der Waals surface area (Å²) in [4.78, 5) is 15.9. The van der Waals surface area contributed by atoms with E-state index in [1.54, 1.807) is 54.9 Å². The third-order valence-electron chi connectivity index (χ3n) is 2.97. The summed E-state index contributed by atoms with van der Waals surface area (Å²) >= 11 is 0. The fourth-order valence-electron chi connectivity index (χ4n) is 1.88. The van der Waals surface area contributed by atoms with E-state index in [1.165, 1.54) is 0 Å². The van der Waals surface area contributed by atoms with Crippen molar-refractivity contribution in [2.75, 3.05) is 17.1 Å². The van der Waals surface area contributed by atoms with E-state index >= 15 is 0 Å². The van der Waals surface area contributed by atoms with Gasteiger partial charge in [0.05, 0.1) is 11.9 Å². The third-order valence-corrected chi connectivity index (χ3v) is 4.11. The number of carbonyl (C=O) groups is 1. The van der Waals surface area contributed by atoms with Crippen LogP contribution >= 0.6 is 0 Å². The number of anilines is 1. The van der Waals surface area contributed by atoms with Gasteiger partial charge in [-0.05, 0) is 29.8 Å². The lowest BCUT2D eigenvalue weighted by molar-refractivity contribution is -0.119. The second-order valence-electron chi connectivity index (χ2n) is 4.74. The van der Waals surface area contributed by atoms with Crippen LogP contribution in [0.3, 0.4) is 0 Å². The number of nitrogens with one attached hydrogen (secondary N) is 1. The molecule has 0 unspecified atom stereocenters. The number of aromatic nitrogens is 1. The first kappa shape index (κ1) is 16.0. The molecule has 0 atom stereocenters. The maximum atomic E-state index is 12.0. The van der Waals surface area contributed by atoms with Gasteiger partial charge in [-0.3, -0.25) is 14.1 Å². The van der Waals surface area contributed by atoms with E-state index in [2.05, 4.69) is 10.3 Å². The first-order valence-electron chi connectivity index (χ1n) is 6.65. The molecule has 0 aliphatic carbocycles. The molecular formula is C15H17N3O3S. The zero-order chi connectivity index (χ0) is 16.0. The van der Waals surface area contributed by atoms with Gasteiger partial charge in [0.25, 0.3) is 0 Å². The predicted octanol–water partition coefficient (Wildman–Crippen LogP) is 1.16. The van der Waals surface area contributed by atoms with Crippen molar-refractivity contribution in [2.45, 2.75) is 6.54 Å². The Morgan fingerprint density at radius 1 is 1.14 bits per heavy atom. The topological polar surface area (TPSA) is 79.4 Å². The van der Waals surface area contributed by atoms with Gasteiger partial charge in [0, 0.05) is 18.9 Å². The Hall–Kier alpha value is -2.41. The second kappa shape index (κ2) is 7.04. The number of sulfonamides is 1. The van der Waals surface area contributed by atoms with E-state index in [-0.39, 0.29) is 12.5 Å². The van der Waals surface area contributed by atoms with Gasteiger partial charge in [0.2, 0.25) is 15.9 Å². The number of rotatable bonds is 6. The molecule has 6 nitrogen and oxygen atoms in total. The summed E-state index contributed by atoms with van der Waals surface area (Å²) in [5, 5.41) is 2.70. The van der Waals surface area contributed by atoms with Gasteiger partial charge < -0.3 is 5.32 Å². The van der Waals surface area contributed by atoms with Crippen LogP contribution in [0.5, 0.6) is 0 Å². The molecule has 0 bridgehead atoms. The van der Waals surface area contributed by atoms with Gasteiger partial charge in [0.1, 0.15) is 6.54 Å². The van der Waals surface area contributed by atoms with E-state index in [0.717, 1.165) is 16.1 Å². The summed E-state index contributed by atoms with van der Waals surface area (Å²) < 4.78 is 24.8. The number of pyridine rings is 1. The van der Waals surface area contributed by atoms with Crippen molar-refractivity contribution < 1.29 is 13.2 Å². The van der Waals surface area contributed by atoms with Gasteiger partial charge >= 0.3 is 0 Å². The molecule has 116 valence electrons. The number of benzene rings is 1. The minimum Gasteiger partial charge on any atom is -0.350 e. The number of hydrogen-bond donors (Lipinski definition) is 1.